The van der Waals surface area contributed by atoms with Crippen LogP contribution in [0.15, 0.2) is 141 Å². The van der Waals surface area contributed by atoms with Gasteiger partial charge in [0.1, 0.15) is 22.5 Å². The predicted molar refractivity (Wildman–Crippen MR) is 420 cm³/mol. The van der Waals surface area contributed by atoms with E-state index in [-0.39, 0.29) is 5.56 Å². The quantitative estimate of drug-likeness (QED) is 0.0983. The van der Waals surface area contributed by atoms with Crippen molar-refractivity contribution < 1.29 is 20.1 Å². The van der Waals surface area contributed by atoms with Gasteiger partial charge in [-0.05, 0) is 230 Å². The number of aryl methyl sites for hydroxylation is 8. The van der Waals surface area contributed by atoms with Crippen LogP contribution in [0.25, 0.3) is 44.0 Å². The molecule has 6 atom stereocenters. The summed E-state index contributed by atoms with van der Waals surface area (Å²) >= 11 is 6.31. The fourth-order valence-corrected chi connectivity index (χ4v) is 19.8. The number of pyridine rings is 7. The van der Waals surface area contributed by atoms with Crippen LogP contribution >= 0.6 is 11.6 Å². The predicted octanol–water partition coefficient (Wildman–Crippen LogP) is 14.8. The molecule has 1 aromatic carbocycles. The molecule has 20 heteroatoms. The molecular formula is C87H98ClN15O4. The highest BCUT2D eigenvalue weighted by Gasteiger charge is 2.41. The van der Waals surface area contributed by atoms with Gasteiger partial charge in [-0.1, -0.05) is 41.4 Å². The zero-order valence-corrected chi connectivity index (χ0v) is 63.1. The molecule has 107 heavy (non-hydrogen) atoms. The monoisotopic (exact) mass is 1450 g/mol. The summed E-state index contributed by atoms with van der Waals surface area (Å²) in [5.74, 6) is -1.07. The van der Waals surface area contributed by atoms with Crippen molar-refractivity contribution in [2.45, 2.75) is 187 Å². The highest BCUT2D eigenvalue weighted by atomic mass is 35.5. The van der Waals surface area contributed by atoms with Gasteiger partial charge in [-0.3, -0.25) is 39.5 Å². The van der Waals surface area contributed by atoms with Crippen molar-refractivity contribution in [1.82, 2.24) is 72.8 Å². The lowest BCUT2D eigenvalue weighted by Crippen LogP contribution is -2.33. The van der Waals surface area contributed by atoms with E-state index in [1.54, 1.807) is 30.2 Å². The summed E-state index contributed by atoms with van der Waals surface area (Å²) in [7, 11) is 0. The Morgan fingerprint density at radius 1 is 0.505 bits per heavy atom. The highest BCUT2D eigenvalue weighted by Crippen LogP contribution is 2.48. The molecular weight excluding hydrogens is 1350 g/mol. The van der Waals surface area contributed by atoms with Crippen LogP contribution in [0.4, 0.5) is 0 Å². The molecule has 8 aliphatic heterocycles. The van der Waals surface area contributed by atoms with Gasteiger partial charge in [-0.2, -0.15) is 0 Å². The SMILES string of the molecule is Cc1ccc(CCn2c3c(c4cc(Cl)cnc42)C2CCCN2CC3)cn1.Cc1ccc2c(c1)c1c(n2CC(O)c2ccncc2C(=O)O)CCN2CCCC12.Cc1cnc2c(c1)c1c(n2CC(C)(O)c2cccnc2)CCN2CCCC12.Cc1cnc2c(c1)c1c(n2CCc2cccnc2)CCN2CCCC12. The van der Waals surface area contributed by atoms with Crippen molar-refractivity contribution in [3.05, 3.63) is 241 Å². The van der Waals surface area contributed by atoms with Gasteiger partial charge in [0.05, 0.1) is 29.8 Å². The van der Waals surface area contributed by atoms with Crippen LogP contribution in [-0.4, -0.2) is 146 Å². The zero-order valence-electron chi connectivity index (χ0n) is 62.4. The maximum atomic E-state index is 11.6. The number of carboxylic acids is 1. The maximum Gasteiger partial charge on any atom is 0.337 e. The van der Waals surface area contributed by atoms with E-state index in [9.17, 15) is 20.1 Å². The number of nitrogens with zero attached hydrogens (tertiary/aromatic N) is 15. The van der Waals surface area contributed by atoms with Gasteiger partial charge in [-0.15, -0.1) is 0 Å². The Kier molecular flexibility index (Phi) is 19.8. The van der Waals surface area contributed by atoms with Gasteiger partial charge in [-0.25, -0.2) is 19.7 Å². The maximum absolute atomic E-state index is 11.6. The minimum atomic E-state index is -1.07. The number of fused-ring (bicyclic) bond motifs is 20. The molecule has 0 spiro atoms. The van der Waals surface area contributed by atoms with Crippen molar-refractivity contribution in [3.8, 4) is 0 Å². The average molecular weight is 1450 g/mol. The normalized spacial score (nSPS) is 20.3. The number of halogens is 1. The van der Waals surface area contributed by atoms with Crippen LogP contribution in [0, 0.1) is 27.7 Å². The molecule has 0 bridgehead atoms. The van der Waals surface area contributed by atoms with Crippen LogP contribution < -0.4 is 0 Å². The molecule has 4 fully saturated rings. The highest BCUT2D eigenvalue weighted by molar-refractivity contribution is 6.31. The van der Waals surface area contributed by atoms with Crippen LogP contribution in [0.5, 0.6) is 0 Å². The molecule has 12 aromatic rings. The number of aliphatic hydroxyl groups excluding tert-OH is 1. The van der Waals surface area contributed by atoms with Crippen molar-refractivity contribution in [2.75, 3.05) is 52.4 Å². The smallest absolute Gasteiger partial charge is 0.337 e. The largest absolute Gasteiger partial charge is 0.478 e. The van der Waals surface area contributed by atoms with Crippen molar-refractivity contribution >= 4 is 61.6 Å². The van der Waals surface area contributed by atoms with E-state index in [0.29, 0.717) is 42.8 Å². The van der Waals surface area contributed by atoms with E-state index in [4.69, 9.17) is 26.6 Å². The van der Waals surface area contributed by atoms with Crippen LogP contribution in [0.1, 0.15) is 189 Å². The lowest BCUT2D eigenvalue weighted by atomic mass is 9.95. The lowest BCUT2D eigenvalue weighted by Gasteiger charge is -2.32. The molecule has 0 aliphatic carbocycles. The van der Waals surface area contributed by atoms with Crippen LogP contribution in [0.2, 0.25) is 5.02 Å². The first kappa shape index (κ1) is 70.9. The molecule has 19 nitrogen and oxygen atoms in total. The second kappa shape index (κ2) is 29.8. The minimum Gasteiger partial charge on any atom is -0.478 e. The first-order valence-electron chi connectivity index (χ1n) is 39.1. The Morgan fingerprint density at radius 3 is 1.51 bits per heavy atom. The standard InChI is InChI=1S/C23H25N3O3.C22H26N4O.C21H23ClN4.C21H24N4/c1-14-4-5-18-16(11-14)22-19-3-2-9-25(19)10-7-20(22)26(18)13-21(27)15-6-8-24-12-17(15)23(28)29;1-15-11-17-20-18-6-4-9-25(18)10-7-19(20)26(21(17)24-12-15)14-22(2,27)16-5-3-8-23-13-16;1-14-4-5-15(12-23-14)6-10-26-19-7-9-25-8-2-3-18(25)20(19)17-11-16(22)13-24-21(17)26;1-15-12-17-20-18-5-3-9-24(18)10-7-19(20)25(21(17)23-13-15)11-6-16-4-2-8-22-14-16/h4-6,8,11-12,19,21,27H,2-3,7,9-10,13H2,1H3,(H,28,29);3,5,8,11-13,18,27H,4,6-7,9-10,14H2,1-2H3;4-5,11-13,18H,2-3,6-10H2,1H3;2,4,8,12-14,18H,3,5-7,9-11H2,1H3. The van der Waals surface area contributed by atoms with Crippen LogP contribution in [0.3, 0.4) is 0 Å². The topological polar surface area (TPSA) is 201 Å². The van der Waals surface area contributed by atoms with Crippen molar-refractivity contribution in [3.63, 3.8) is 0 Å². The van der Waals surface area contributed by atoms with Crippen molar-refractivity contribution in [2.24, 2.45) is 0 Å². The molecule has 552 valence electrons. The number of aromatic carboxylic acids is 1. The Labute approximate surface area is 630 Å². The minimum absolute atomic E-state index is 0.0585. The molecule has 8 aliphatic rings. The van der Waals surface area contributed by atoms with E-state index in [1.165, 1.54) is 184 Å². The summed E-state index contributed by atoms with van der Waals surface area (Å²) in [4.78, 5) is 53.2. The summed E-state index contributed by atoms with van der Waals surface area (Å²) in [6.45, 7) is 22.4. The lowest BCUT2D eigenvalue weighted by molar-refractivity contribution is 0.0378. The number of hydrogen-bond acceptors (Lipinski definition) is 14. The van der Waals surface area contributed by atoms with Gasteiger partial charge in [0.25, 0.3) is 0 Å². The fraction of sp³-hybridized carbons (Fsp3) is 0.425. The fourth-order valence-electron chi connectivity index (χ4n) is 19.6. The molecule has 20 rings (SSSR count). The number of hydrogen-bond donors (Lipinski definition) is 3. The number of benzene rings is 1. The summed E-state index contributed by atoms with van der Waals surface area (Å²) in [5.41, 5.74) is 23.6. The number of carbonyl (C=O) groups is 1. The molecule has 4 saturated heterocycles. The van der Waals surface area contributed by atoms with E-state index < -0.39 is 17.7 Å². The first-order valence-corrected chi connectivity index (χ1v) is 39.5. The second-order valence-corrected chi connectivity index (χ2v) is 31.9. The average Bonchev–Trinajstić information content (AvgIpc) is 1.64. The van der Waals surface area contributed by atoms with Gasteiger partial charge in [0.15, 0.2) is 0 Å². The number of aliphatic hydroxyl groups is 2. The summed E-state index contributed by atoms with van der Waals surface area (Å²) in [6, 6.07) is 29.3. The van der Waals surface area contributed by atoms with Crippen LogP contribution in [-0.2, 0) is 70.3 Å². The molecule has 0 radical (unpaired) electrons. The number of aromatic nitrogens is 11. The Balaban J connectivity index is 0.000000105. The van der Waals surface area contributed by atoms with E-state index in [0.717, 1.165) is 111 Å². The molecule has 0 saturated carbocycles. The third kappa shape index (κ3) is 13.7. The number of carboxylic acid groups (broad SMARTS) is 1. The second-order valence-electron chi connectivity index (χ2n) is 31.5. The Hall–Kier alpha value is -9.05. The summed E-state index contributed by atoms with van der Waals surface area (Å²) in [5, 5.41) is 37.7. The van der Waals surface area contributed by atoms with Gasteiger partial charge in [0.2, 0.25) is 0 Å². The van der Waals surface area contributed by atoms with E-state index >= 15 is 0 Å². The molecule has 19 heterocycles. The molecule has 11 aromatic heterocycles. The Bertz CT molecular complexity index is 5280. The van der Waals surface area contributed by atoms with Gasteiger partial charge in [0, 0.05) is 212 Å². The van der Waals surface area contributed by atoms with E-state index in [2.05, 4.69) is 133 Å². The third-order valence-corrected chi connectivity index (χ3v) is 24.8. The summed E-state index contributed by atoms with van der Waals surface area (Å²) in [6.07, 6.45) is 33.2. The molecule has 0 amide bonds. The molecule has 6 unspecified atom stereocenters. The van der Waals surface area contributed by atoms with E-state index in [1.807, 2.05) is 63.0 Å². The zero-order chi connectivity index (χ0) is 73.2. The van der Waals surface area contributed by atoms with Crippen molar-refractivity contribution in [1.29, 1.82) is 0 Å². The number of rotatable bonds is 13. The first-order chi connectivity index (χ1) is 52.1. The third-order valence-electron chi connectivity index (χ3n) is 24.6. The Morgan fingerprint density at radius 2 is 0.991 bits per heavy atom. The summed E-state index contributed by atoms with van der Waals surface area (Å²) < 4.78 is 9.42. The van der Waals surface area contributed by atoms with Gasteiger partial charge < -0.3 is 33.6 Å². The van der Waals surface area contributed by atoms with Gasteiger partial charge >= 0.3 is 5.97 Å². The molecule has 3 N–H and O–H groups in total.